The van der Waals surface area contributed by atoms with Crippen LogP contribution in [0.3, 0.4) is 0 Å². The molecular weight excluding hydrogens is 288 g/mol. The van der Waals surface area contributed by atoms with Gasteiger partial charge in [-0.05, 0) is 36.6 Å². The third kappa shape index (κ3) is 2.21. The maximum atomic E-state index is 12.1. The van der Waals surface area contributed by atoms with Crippen molar-refractivity contribution in [3.05, 3.63) is 54.9 Å². The van der Waals surface area contributed by atoms with E-state index in [1.54, 1.807) is 17.3 Å². The summed E-state index contributed by atoms with van der Waals surface area (Å²) < 4.78 is 0. The summed E-state index contributed by atoms with van der Waals surface area (Å²) in [5, 5.41) is 8.42. The Morgan fingerprint density at radius 3 is 3.13 bits per heavy atom. The number of hydrogen-bond acceptors (Lipinski definition) is 3. The van der Waals surface area contributed by atoms with E-state index in [9.17, 15) is 4.79 Å². The Hall–Kier alpha value is -2.95. The Bertz CT molecular complexity index is 912. The van der Waals surface area contributed by atoms with Gasteiger partial charge in [-0.3, -0.25) is 14.9 Å². The fourth-order valence-electron chi connectivity index (χ4n) is 3.14. The standard InChI is InChI=1S/C18H16N4O/c1-2-17(23)22-9-3-4-12-5-6-13(10-16(12)22)18-14-11-19-8-7-15(14)20-21-18/h2,5-8,10-11H,1,3-4,9H2,(H,20,21). The molecule has 0 bridgehead atoms. The van der Waals surface area contributed by atoms with Gasteiger partial charge in [0.1, 0.15) is 5.69 Å². The molecular formula is C18H16N4O. The predicted molar refractivity (Wildman–Crippen MR) is 90.2 cm³/mol. The molecule has 23 heavy (non-hydrogen) atoms. The molecule has 5 heteroatoms. The van der Waals surface area contributed by atoms with Crippen LogP contribution >= 0.6 is 0 Å². The molecule has 0 unspecified atom stereocenters. The second-order valence-corrected chi connectivity index (χ2v) is 5.63. The molecule has 0 spiro atoms. The summed E-state index contributed by atoms with van der Waals surface area (Å²) in [5.41, 5.74) is 4.93. The van der Waals surface area contributed by atoms with E-state index < -0.39 is 0 Å². The molecule has 1 aliphatic rings. The van der Waals surface area contributed by atoms with Crippen molar-refractivity contribution in [2.45, 2.75) is 12.8 Å². The van der Waals surface area contributed by atoms with E-state index >= 15 is 0 Å². The molecule has 0 aliphatic carbocycles. The summed E-state index contributed by atoms with van der Waals surface area (Å²) in [4.78, 5) is 18.1. The van der Waals surface area contributed by atoms with E-state index in [2.05, 4.69) is 33.9 Å². The molecule has 1 amide bonds. The minimum absolute atomic E-state index is 0.0587. The second kappa shape index (κ2) is 5.35. The van der Waals surface area contributed by atoms with E-state index in [1.807, 2.05) is 12.1 Å². The van der Waals surface area contributed by atoms with Crippen LogP contribution < -0.4 is 4.90 Å². The minimum Gasteiger partial charge on any atom is -0.309 e. The van der Waals surface area contributed by atoms with Gasteiger partial charge < -0.3 is 4.90 Å². The monoisotopic (exact) mass is 304 g/mol. The highest BCUT2D eigenvalue weighted by molar-refractivity contribution is 6.02. The number of amides is 1. The van der Waals surface area contributed by atoms with Gasteiger partial charge in [0.2, 0.25) is 5.91 Å². The van der Waals surface area contributed by atoms with Crippen LogP contribution in [0.2, 0.25) is 0 Å². The number of aryl methyl sites for hydroxylation is 1. The first-order valence-electron chi connectivity index (χ1n) is 7.63. The van der Waals surface area contributed by atoms with E-state index in [1.165, 1.54) is 11.6 Å². The molecule has 4 rings (SSSR count). The molecule has 3 aromatic rings. The zero-order valence-electron chi connectivity index (χ0n) is 12.6. The van der Waals surface area contributed by atoms with Gasteiger partial charge in [-0.25, -0.2) is 0 Å². The van der Waals surface area contributed by atoms with Crippen LogP contribution in [0.15, 0.2) is 49.3 Å². The third-order valence-corrected chi connectivity index (χ3v) is 4.28. The van der Waals surface area contributed by atoms with Crippen LogP contribution in [0.4, 0.5) is 5.69 Å². The first kappa shape index (κ1) is 13.7. The Kier molecular flexibility index (Phi) is 3.19. The van der Waals surface area contributed by atoms with Crippen molar-refractivity contribution >= 4 is 22.5 Å². The van der Waals surface area contributed by atoms with E-state index in [0.29, 0.717) is 0 Å². The number of fused-ring (bicyclic) bond motifs is 2. The maximum Gasteiger partial charge on any atom is 0.250 e. The average Bonchev–Trinajstić information content (AvgIpc) is 3.04. The highest BCUT2D eigenvalue weighted by Crippen LogP contribution is 2.33. The normalized spacial score (nSPS) is 13.8. The van der Waals surface area contributed by atoms with Gasteiger partial charge in [-0.15, -0.1) is 0 Å². The number of H-pyrrole nitrogens is 1. The van der Waals surface area contributed by atoms with Crippen LogP contribution in [0, 0.1) is 0 Å². The number of nitrogens with one attached hydrogen (secondary N) is 1. The molecule has 1 N–H and O–H groups in total. The van der Waals surface area contributed by atoms with Gasteiger partial charge in [-0.2, -0.15) is 5.10 Å². The number of aromatic amines is 1. The predicted octanol–water partition coefficient (Wildman–Crippen LogP) is 3.09. The highest BCUT2D eigenvalue weighted by Gasteiger charge is 2.22. The molecule has 3 heterocycles. The quantitative estimate of drug-likeness (QED) is 0.740. The lowest BCUT2D eigenvalue weighted by Crippen LogP contribution is -2.34. The smallest absolute Gasteiger partial charge is 0.250 e. The van der Waals surface area contributed by atoms with Crippen molar-refractivity contribution in [2.75, 3.05) is 11.4 Å². The Balaban J connectivity index is 1.85. The Labute approximate surface area is 133 Å². The van der Waals surface area contributed by atoms with Gasteiger partial charge >= 0.3 is 0 Å². The zero-order chi connectivity index (χ0) is 15.8. The lowest BCUT2D eigenvalue weighted by molar-refractivity contribution is -0.114. The Morgan fingerprint density at radius 2 is 2.26 bits per heavy atom. The number of anilines is 1. The van der Waals surface area contributed by atoms with Gasteiger partial charge in [0, 0.05) is 35.6 Å². The zero-order valence-corrected chi connectivity index (χ0v) is 12.6. The first-order chi connectivity index (χ1) is 11.3. The molecule has 0 saturated carbocycles. The van der Waals surface area contributed by atoms with Crippen molar-refractivity contribution in [3.8, 4) is 11.3 Å². The van der Waals surface area contributed by atoms with Crippen molar-refractivity contribution in [3.63, 3.8) is 0 Å². The number of carbonyl (C=O) groups is 1. The topological polar surface area (TPSA) is 61.9 Å². The third-order valence-electron chi connectivity index (χ3n) is 4.28. The number of nitrogens with zero attached hydrogens (tertiary/aromatic N) is 3. The van der Waals surface area contributed by atoms with Crippen LogP contribution in [0.1, 0.15) is 12.0 Å². The molecule has 2 aromatic heterocycles. The van der Waals surface area contributed by atoms with Gasteiger partial charge in [-0.1, -0.05) is 18.7 Å². The van der Waals surface area contributed by atoms with Crippen molar-refractivity contribution in [1.82, 2.24) is 15.2 Å². The summed E-state index contributed by atoms with van der Waals surface area (Å²) in [6, 6.07) is 8.09. The Morgan fingerprint density at radius 1 is 1.35 bits per heavy atom. The number of aromatic nitrogens is 3. The van der Waals surface area contributed by atoms with Crippen LogP contribution in [0.25, 0.3) is 22.2 Å². The van der Waals surface area contributed by atoms with Crippen LogP contribution in [0.5, 0.6) is 0 Å². The fourth-order valence-corrected chi connectivity index (χ4v) is 3.14. The first-order valence-corrected chi connectivity index (χ1v) is 7.63. The molecule has 0 radical (unpaired) electrons. The molecule has 1 aliphatic heterocycles. The molecule has 114 valence electrons. The van der Waals surface area contributed by atoms with Crippen LogP contribution in [-0.2, 0) is 11.2 Å². The van der Waals surface area contributed by atoms with Crippen molar-refractivity contribution in [2.24, 2.45) is 0 Å². The lowest BCUT2D eigenvalue weighted by atomic mass is 9.97. The molecule has 1 aromatic carbocycles. The van der Waals surface area contributed by atoms with E-state index in [-0.39, 0.29) is 5.91 Å². The number of pyridine rings is 1. The minimum atomic E-state index is -0.0587. The number of benzene rings is 1. The summed E-state index contributed by atoms with van der Waals surface area (Å²) >= 11 is 0. The number of rotatable bonds is 2. The lowest BCUT2D eigenvalue weighted by Gasteiger charge is -2.29. The molecule has 0 fully saturated rings. The molecule has 0 atom stereocenters. The summed E-state index contributed by atoms with van der Waals surface area (Å²) in [5.74, 6) is -0.0587. The highest BCUT2D eigenvalue weighted by atomic mass is 16.2. The van der Waals surface area contributed by atoms with Gasteiger partial charge in [0.15, 0.2) is 0 Å². The fraction of sp³-hybridized carbons (Fsp3) is 0.167. The molecule has 0 saturated heterocycles. The van der Waals surface area contributed by atoms with Crippen molar-refractivity contribution < 1.29 is 4.79 Å². The summed E-state index contributed by atoms with van der Waals surface area (Å²) in [6.45, 7) is 4.33. The maximum absolute atomic E-state index is 12.1. The summed E-state index contributed by atoms with van der Waals surface area (Å²) in [6.07, 6.45) is 6.87. The second-order valence-electron chi connectivity index (χ2n) is 5.63. The number of hydrogen-bond donors (Lipinski definition) is 1. The van der Waals surface area contributed by atoms with Crippen molar-refractivity contribution in [1.29, 1.82) is 0 Å². The summed E-state index contributed by atoms with van der Waals surface area (Å²) in [7, 11) is 0. The van der Waals surface area contributed by atoms with Gasteiger partial charge in [0.25, 0.3) is 0 Å². The van der Waals surface area contributed by atoms with E-state index in [4.69, 9.17) is 0 Å². The van der Waals surface area contributed by atoms with Crippen LogP contribution in [-0.4, -0.2) is 27.6 Å². The van der Waals surface area contributed by atoms with Gasteiger partial charge in [0.05, 0.1) is 5.52 Å². The largest absolute Gasteiger partial charge is 0.309 e. The number of carbonyl (C=O) groups excluding carboxylic acids is 1. The average molecular weight is 304 g/mol. The molecule has 5 nitrogen and oxygen atoms in total. The SMILES string of the molecule is C=CC(=O)N1CCCc2ccc(-c3n[nH]c4ccncc34)cc21. The van der Waals surface area contributed by atoms with E-state index in [0.717, 1.165) is 47.2 Å².